The van der Waals surface area contributed by atoms with Gasteiger partial charge in [-0.05, 0) is 54.8 Å². The van der Waals surface area contributed by atoms with Crippen LogP contribution in [-0.4, -0.2) is 55.4 Å². The van der Waals surface area contributed by atoms with Crippen molar-refractivity contribution >= 4 is 23.2 Å². The first-order valence-corrected chi connectivity index (χ1v) is 10.9. The van der Waals surface area contributed by atoms with E-state index < -0.39 is 0 Å². The molecule has 1 N–H and O–H groups in total. The van der Waals surface area contributed by atoms with Gasteiger partial charge < -0.3 is 15.1 Å². The number of amides is 1. The third-order valence-electron chi connectivity index (χ3n) is 5.14. The highest BCUT2D eigenvalue weighted by atomic mass is 32.1. The first-order chi connectivity index (χ1) is 13.7. The fourth-order valence-electron chi connectivity index (χ4n) is 3.45. The Morgan fingerprint density at radius 2 is 1.93 bits per heavy atom. The molecule has 0 unspecified atom stereocenters. The Morgan fingerprint density at radius 3 is 2.57 bits per heavy atom. The zero-order valence-electron chi connectivity index (χ0n) is 16.9. The third kappa shape index (κ3) is 5.58. The van der Waals surface area contributed by atoms with Crippen LogP contribution in [0.25, 0.3) is 0 Å². The molecule has 1 aromatic carbocycles. The molecule has 1 aliphatic rings. The fourth-order valence-corrected chi connectivity index (χ4v) is 4.15. The van der Waals surface area contributed by atoms with Crippen LogP contribution in [0.2, 0.25) is 0 Å². The molecule has 0 aliphatic carbocycles. The smallest absolute Gasteiger partial charge is 0.253 e. The van der Waals surface area contributed by atoms with E-state index in [1.807, 2.05) is 36.2 Å². The summed E-state index contributed by atoms with van der Waals surface area (Å²) in [6.07, 6.45) is 4.49. The predicted molar refractivity (Wildman–Crippen MR) is 117 cm³/mol. The van der Waals surface area contributed by atoms with Gasteiger partial charge in [-0.25, -0.2) is 0 Å². The summed E-state index contributed by atoms with van der Waals surface area (Å²) >= 11 is 1.79. The zero-order chi connectivity index (χ0) is 19.8. The van der Waals surface area contributed by atoms with Crippen LogP contribution in [0.15, 0.2) is 46.8 Å². The van der Waals surface area contributed by atoms with Crippen LogP contribution >= 0.6 is 11.3 Å². The SMILES string of the molecule is CN=C(NCc1ccc(C(=O)N2CCCCC2)cc1)N(C)CCc1cccs1. The van der Waals surface area contributed by atoms with Crippen LogP contribution in [0.3, 0.4) is 0 Å². The van der Waals surface area contributed by atoms with E-state index >= 15 is 0 Å². The standard InChI is InChI=1S/C22H30N4OS/c1-23-22(25(2)15-12-20-7-6-16-28-20)24-17-18-8-10-19(11-9-18)21(27)26-13-4-3-5-14-26/h6-11,16H,3-5,12-15,17H2,1-2H3,(H,23,24). The molecular formula is C22H30N4OS. The van der Waals surface area contributed by atoms with Gasteiger partial charge in [0.15, 0.2) is 5.96 Å². The molecule has 150 valence electrons. The monoisotopic (exact) mass is 398 g/mol. The molecule has 0 spiro atoms. The number of guanidine groups is 1. The number of nitrogens with zero attached hydrogens (tertiary/aromatic N) is 3. The molecule has 1 saturated heterocycles. The largest absolute Gasteiger partial charge is 0.352 e. The molecule has 28 heavy (non-hydrogen) atoms. The first-order valence-electron chi connectivity index (χ1n) is 10.00. The Hall–Kier alpha value is -2.34. The highest BCUT2D eigenvalue weighted by molar-refractivity contribution is 7.09. The highest BCUT2D eigenvalue weighted by Crippen LogP contribution is 2.14. The van der Waals surface area contributed by atoms with Crippen molar-refractivity contribution in [3.8, 4) is 0 Å². The van der Waals surface area contributed by atoms with Gasteiger partial charge in [0, 0.05) is 50.7 Å². The molecule has 1 aromatic heterocycles. The Bertz CT molecular complexity index is 764. The van der Waals surface area contributed by atoms with Gasteiger partial charge in [0.25, 0.3) is 5.91 Å². The van der Waals surface area contributed by atoms with Gasteiger partial charge in [0.1, 0.15) is 0 Å². The first kappa shape index (κ1) is 20.4. The van der Waals surface area contributed by atoms with Crippen molar-refractivity contribution in [2.45, 2.75) is 32.2 Å². The Morgan fingerprint density at radius 1 is 1.18 bits per heavy atom. The molecule has 0 bridgehead atoms. The van der Waals surface area contributed by atoms with Gasteiger partial charge in [0.05, 0.1) is 0 Å². The average molecular weight is 399 g/mol. The molecule has 0 atom stereocenters. The second-order valence-electron chi connectivity index (χ2n) is 7.20. The molecule has 5 nitrogen and oxygen atoms in total. The van der Waals surface area contributed by atoms with E-state index in [0.29, 0.717) is 6.54 Å². The van der Waals surface area contributed by atoms with Crippen molar-refractivity contribution in [3.05, 3.63) is 57.8 Å². The summed E-state index contributed by atoms with van der Waals surface area (Å²) in [6.45, 7) is 3.38. The van der Waals surface area contributed by atoms with Gasteiger partial charge in [0.2, 0.25) is 0 Å². The summed E-state index contributed by atoms with van der Waals surface area (Å²) in [5, 5.41) is 5.52. The van der Waals surface area contributed by atoms with E-state index in [1.165, 1.54) is 11.3 Å². The molecule has 2 aromatic rings. The van der Waals surface area contributed by atoms with Gasteiger partial charge in [-0.3, -0.25) is 9.79 Å². The average Bonchev–Trinajstić information content (AvgIpc) is 3.27. The topological polar surface area (TPSA) is 47.9 Å². The molecule has 1 aliphatic heterocycles. The lowest BCUT2D eigenvalue weighted by atomic mass is 10.1. The highest BCUT2D eigenvalue weighted by Gasteiger charge is 2.17. The number of likely N-dealkylation sites (N-methyl/N-ethyl adjacent to an activating group) is 1. The van der Waals surface area contributed by atoms with E-state index in [9.17, 15) is 4.79 Å². The normalized spacial score (nSPS) is 14.8. The summed E-state index contributed by atoms with van der Waals surface area (Å²) < 4.78 is 0. The van der Waals surface area contributed by atoms with Crippen LogP contribution in [0.4, 0.5) is 0 Å². The number of benzene rings is 1. The number of aliphatic imine (C=N–C) groups is 1. The summed E-state index contributed by atoms with van der Waals surface area (Å²) in [4.78, 5) is 22.5. The molecule has 1 fully saturated rings. The number of thiophene rings is 1. The van der Waals surface area contributed by atoms with E-state index in [2.05, 4.69) is 39.8 Å². The number of hydrogen-bond acceptors (Lipinski definition) is 3. The molecular weight excluding hydrogens is 368 g/mol. The minimum atomic E-state index is 0.156. The molecule has 0 radical (unpaired) electrons. The molecule has 0 saturated carbocycles. The van der Waals surface area contributed by atoms with Gasteiger partial charge in [-0.1, -0.05) is 18.2 Å². The Kier molecular flexibility index (Phi) is 7.48. The van der Waals surface area contributed by atoms with Crippen molar-refractivity contribution in [2.75, 3.05) is 33.7 Å². The third-order valence-corrected chi connectivity index (χ3v) is 6.08. The van der Waals surface area contributed by atoms with E-state index in [0.717, 1.165) is 56.0 Å². The molecule has 2 heterocycles. The molecule has 3 rings (SSSR count). The van der Waals surface area contributed by atoms with Gasteiger partial charge in [-0.2, -0.15) is 0 Å². The van der Waals surface area contributed by atoms with Gasteiger partial charge >= 0.3 is 0 Å². The van der Waals surface area contributed by atoms with Crippen LogP contribution < -0.4 is 5.32 Å². The van der Waals surface area contributed by atoms with E-state index in [-0.39, 0.29) is 5.91 Å². The predicted octanol–water partition coefficient (Wildman–Crippen LogP) is 3.62. The van der Waals surface area contributed by atoms with Crippen LogP contribution in [-0.2, 0) is 13.0 Å². The number of hydrogen-bond donors (Lipinski definition) is 1. The number of likely N-dealkylation sites (tertiary alicyclic amines) is 1. The molecule has 1 amide bonds. The summed E-state index contributed by atoms with van der Waals surface area (Å²) in [7, 11) is 3.87. The summed E-state index contributed by atoms with van der Waals surface area (Å²) in [5.41, 5.74) is 1.92. The van der Waals surface area contributed by atoms with Crippen molar-refractivity contribution in [1.82, 2.24) is 15.1 Å². The van der Waals surface area contributed by atoms with Crippen molar-refractivity contribution in [3.63, 3.8) is 0 Å². The lowest BCUT2D eigenvalue weighted by molar-refractivity contribution is 0.0724. The number of nitrogens with one attached hydrogen (secondary N) is 1. The Balaban J connectivity index is 1.49. The number of carbonyl (C=O) groups is 1. The number of piperidine rings is 1. The fraction of sp³-hybridized carbons (Fsp3) is 0.455. The maximum atomic E-state index is 12.6. The maximum Gasteiger partial charge on any atom is 0.253 e. The lowest BCUT2D eigenvalue weighted by Crippen LogP contribution is -2.39. The van der Waals surface area contributed by atoms with Gasteiger partial charge in [-0.15, -0.1) is 11.3 Å². The van der Waals surface area contributed by atoms with Crippen molar-refractivity contribution in [1.29, 1.82) is 0 Å². The van der Waals surface area contributed by atoms with Crippen LogP contribution in [0.1, 0.15) is 40.1 Å². The molecule has 6 heteroatoms. The Labute approximate surface area is 172 Å². The van der Waals surface area contributed by atoms with E-state index in [4.69, 9.17) is 0 Å². The minimum absolute atomic E-state index is 0.156. The summed E-state index contributed by atoms with van der Waals surface area (Å²) in [5.74, 6) is 1.04. The second kappa shape index (κ2) is 10.3. The summed E-state index contributed by atoms with van der Waals surface area (Å²) in [6, 6.07) is 12.2. The van der Waals surface area contributed by atoms with Crippen molar-refractivity contribution in [2.24, 2.45) is 4.99 Å². The zero-order valence-corrected chi connectivity index (χ0v) is 17.7. The number of rotatable bonds is 6. The second-order valence-corrected chi connectivity index (χ2v) is 8.23. The maximum absolute atomic E-state index is 12.6. The quantitative estimate of drug-likeness (QED) is 0.597. The lowest BCUT2D eigenvalue weighted by Gasteiger charge is -2.26. The number of carbonyl (C=O) groups excluding carboxylic acids is 1. The van der Waals surface area contributed by atoms with Crippen molar-refractivity contribution < 1.29 is 4.79 Å². The van der Waals surface area contributed by atoms with E-state index in [1.54, 1.807) is 11.3 Å². The minimum Gasteiger partial charge on any atom is -0.352 e. The van der Waals surface area contributed by atoms with Crippen LogP contribution in [0, 0.1) is 0 Å². The van der Waals surface area contributed by atoms with Crippen LogP contribution in [0.5, 0.6) is 0 Å².